The lowest BCUT2D eigenvalue weighted by atomic mass is 10.2. The van der Waals surface area contributed by atoms with Crippen LogP contribution in [0.2, 0.25) is 0 Å². The van der Waals surface area contributed by atoms with Crippen molar-refractivity contribution in [2.75, 3.05) is 0 Å². The van der Waals surface area contributed by atoms with Crippen molar-refractivity contribution in [3.8, 4) is 0 Å². The van der Waals surface area contributed by atoms with Crippen LogP contribution in [-0.4, -0.2) is 15.8 Å². The van der Waals surface area contributed by atoms with E-state index in [1.54, 1.807) is 12.4 Å². The second-order valence-corrected chi connectivity index (χ2v) is 4.19. The normalized spacial score (nSPS) is 15.7. The highest BCUT2D eigenvalue weighted by Gasteiger charge is 2.22. The highest BCUT2D eigenvalue weighted by atomic mass is 16.1. The summed E-state index contributed by atoms with van der Waals surface area (Å²) < 4.78 is 2.18. The van der Waals surface area contributed by atoms with Gasteiger partial charge in [0.25, 0.3) is 0 Å². The summed E-state index contributed by atoms with van der Waals surface area (Å²) in [5, 5.41) is 0.966. The van der Waals surface area contributed by atoms with Crippen LogP contribution in [0.5, 0.6) is 0 Å². The van der Waals surface area contributed by atoms with Crippen LogP contribution in [0.3, 0.4) is 0 Å². The van der Waals surface area contributed by atoms with Gasteiger partial charge in [-0.25, -0.2) is 0 Å². The number of aromatic nitrogens is 2. The van der Waals surface area contributed by atoms with Gasteiger partial charge in [0.05, 0.1) is 5.52 Å². The van der Waals surface area contributed by atoms with E-state index in [1.807, 2.05) is 12.3 Å². The Morgan fingerprint density at radius 1 is 1.53 bits per heavy atom. The van der Waals surface area contributed by atoms with E-state index in [0.717, 1.165) is 35.2 Å². The summed E-state index contributed by atoms with van der Waals surface area (Å²) in [6.45, 7) is 1.04. The van der Waals surface area contributed by atoms with E-state index in [-0.39, 0.29) is 0 Å². The monoisotopic (exact) mass is 200 g/mol. The number of aldehydes is 1. The number of hydrogen-bond acceptors (Lipinski definition) is 2. The van der Waals surface area contributed by atoms with Crippen molar-refractivity contribution in [3.63, 3.8) is 0 Å². The van der Waals surface area contributed by atoms with Crippen LogP contribution in [0.15, 0.2) is 24.7 Å². The number of carbonyl (C=O) groups excluding carboxylic acids is 1. The Labute approximate surface area is 87.7 Å². The first-order valence-electron chi connectivity index (χ1n) is 5.26. The predicted molar refractivity (Wildman–Crippen MR) is 57.8 cm³/mol. The molecule has 0 bridgehead atoms. The summed E-state index contributed by atoms with van der Waals surface area (Å²) in [6, 6.07) is 1.98. The van der Waals surface area contributed by atoms with Crippen molar-refractivity contribution in [1.82, 2.24) is 9.55 Å². The topological polar surface area (TPSA) is 34.9 Å². The van der Waals surface area contributed by atoms with Gasteiger partial charge in [-0.2, -0.15) is 0 Å². The highest BCUT2D eigenvalue weighted by Crippen LogP contribution is 2.32. The largest absolute Gasteiger partial charge is 0.346 e. The summed E-state index contributed by atoms with van der Waals surface area (Å²) >= 11 is 0. The van der Waals surface area contributed by atoms with Crippen LogP contribution < -0.4 is 0 Å². The zero-order valence-electron chi connectivity index (χ0n) is 8.39. The lowest BCUT2D eigenvalue weighted by Gasteiger charge is -2.02. The van der Waals surface area contributed by atoms with Crippen molar-refractivity contribution in [3.05, 3.63) is 30.2 Å². The smallest absolute Gasteiger partial charge is 0.152 e. The zero-order chi connectivity index (χ0) is 10.3. The fraction of sp³-hybridized carbons (Fsp3) is 0.333. The zero-order valence-corrected chi connectivity index (χ0v) is 8.39. The molecule has 76 valence electrons. The molecule has 3 rings (SSSR count). The second kappa shape index (κ2) is 3.19. The van der Waals surface area contributed by atoms with Gasteiger partial charge in [0, 0.05) is 36.1 Å². The molecule has 0 N–H and O–H groups in total. The first kappa shape index (κ1) is 8.65. The average Bonchev–Trinajstić information content (AvgIpc) is 3.01. The fourth-order valence-electron chi connectivity index (χ4n) is 1.99. The molecule has 0 saturated heterocycles. The fourth-order valence-corrected chi connectivity index (χ4v) is 1.99. The second-order valence-electron chi connectivity index (χ2n) is 4.19. The Bertz CT molecular complexity index is 511. The lowest BCUT2D eigenvalue weighted by Crippen LogP contribution is -1.97. The van der Waals surface area contributed by atoms with E-state index in [1.165, 1.54) is 12.8 Å². The van der Waals surface area contributed by atoms with Gasteiger partial charge in [-0.05, 0) is 24.8 Å². The SMILES string of the molecule is O=Cc1cn(CC2CC2)c2ccncc12. The van der Waals surface area contributed by atoms with E-state index >= 15 is 0 Å². The third-order valence-corrected chi connectivity index (χ3v) is 2.99. The van der Waals surface area contributed by atoms with Crippen LogP contribution in [0, 0.1) is 5.92 Å². The van der Waals surface area contributed by atoms with Crippen molar-refractivity contribution >= 4 is 17.2 Å². The van der Waals surface area contributed by atoms with Crippen LogP contribution in [0.25, 0.3) is 10.9 Å². The van der Waals surface area contributed by atoms with Gasteiger partial charge in [0.2, 0.25) is 0 Å². The first-order valence-corrected chi connectivity index (χ1v) is 5.26. The Balaban J connectivity index is 2.15. The number of fused-ring (bicyclic) bond motifs is 1. The number of carbonyl (C=O) groups is 1. The van der Waals surface area contributed by atoms with Crippen molar-refractivity contribution in [1.29, 1.82) is 0 Å². The minimum absolute atomic E-state index is 0.749. The van der Waals surface area contributed by atoms with Crippen molar-refractivity contribution < 1.29 is 4.79 Å². The van der Waals surface area contributed by atoms with E-state index in [0.29, 0.717) is 0 Å². The van der Waals surface area contributed by atoms with Gasteiger partial charge >= 0.3 is 0 Å². The molecule has 0 spiro atoms. The summed E-state index contributed by atoms with van der Waals surface area (Å²) in [4.78, 5) is 15.0. The van der Waals surface area contributed by atoms with Gasteiger partial charge in [-0.15, -0.1) is 0 Å². The molecule has 0 aromatic carbocycles. The molecule has 2 aromatic heterocycles. The van der Waals surface area contributed by atoms with E-state index < -0.39 is 0 Å². The molecule has 0 unspecified atom stereocenters. The molecule has 15 heavy (non-hydrogen) atoms. The highest BCUT2D eigenvalue weighted by molar-refractivity contribution is 5.97. The van der Waals surface area contributed by atoms with Gasteiger partial charge in [0.1, 0.15) is 0 Å². The molecular formula is C12H12N2O. The molecular weight excluding hydrogens is 188 g/mol. The average molecular weight is 200 g/mol. The minimum atomic E-state index is 0.749. The Kier molecular flexibility index (Phi) is 1.84. The molecule has 0 amide bonds. The molecule has 0 aliphatic heterocycles. The van der Waals surface area contributed by atoms with E-state index in [2.05, 4.69) is 9.55 Å². The Morgan fingerprint density at radius 2 is 2.40 bits per heavy atom. The molecule has 1 aliphatic rings. The molecule has 1 aliphatic carbocycles. The molecule has 1 fully saturated rings. The van der Waals surface area contributed by atoms with Crippen LogP contribution in [0.1, 0.15) is 23.2 Å². The summed E-state index contributed by atoms with van der Waals surface area (Å²) in [5.41, 5.74) is 1.87. The van der Waals surface area contributed by atoms with Gasteiger partial charge in [-0.3, -0.25) is 9.78 Å². The first-order chi connectivity index (χ1) is 7.38. The van der Waals surface area contributed by atoms with E-state index in [4.69, 9.17) is 0 Å². The van der Waals surface area contributed by atoms with Gasteiger partial charge < -0.3 is 4.57 Å². The maximum absolute atomic E-state index is 10.9. The number of hydrogen-bond donors (Lipinski definition) is 0. The van der Waals surface area contributed by atoms with Crippen molar-refractivity contribution in [2.45, 2.75) is 19.4 Å². The maximum atomic E-state index is 10.9. The van der Waals surface area contributed by atoms with Gasteiger partial charge in [-0.1, -0.05) is 0 Å². The molecule has 3 nitrogen and oxygen atoms in total. The van der Waals surface area contributed by atoms with Crippen LogP contribution >= 0.6 is 0 Å². The lowest BCUT2D eigenvalue weighted by molar-refractivity contribution is 0.112. The summed E-state index contributed by atoms with van der Waals surface area (Å²) in [7, 11) is 0. The molecule has 0 radical (unpaired) electrons. The molecule has 0 atom stereocenters. The quantitative estimate of drug-likeness (QED) is 0.712. The molecule has 3 heteroatoms. The standard InChI is InChI=1S/C12H12N2O/c15-8-10-7-14(6-9-1-2-9)12-3-4-13-5-11(10)12/h3-5,7-9H,1-2,6H2. The number of nitrogens with zero attached hydrogens (tertiary/aromatic N) is 2. The van der Waals surface area contributed by atoms with Gasteiger partial charge in [0.15, 0.2) is 6.29 Å². The third kappa shape index (κ3) is 1.44. The summed E-state index contributed by atoms with van der Waals surface area (Å²) in [6.07, 6.45) is 9.04. The Hall–Kier alpha value is -1.64. The summed E-state index contributed by atoms with van der Waals surface area (Å²) in [5.74, 6) is 0.813. The van der Waals surface area contributed by atoms with E-state index in [9.17, 15) is 4.79 Å². The van der Waals surface area contributed by atoms with Crippen LogP contribution in [0.4, 0.5) is 0 Å². The number of pyridine rings is 1. The molecule has 1 saturated carbocycles. The Morgan fingerprint density at radius 3 is 3.13 bits per heavy atom. The predicted octanol–water partition coefficient (Wildman–Crippen LogP) is 2.26. The maximum Gasteiger partial charge on any atom is 0.152 e. The van der Waals surface area contributed by atoms with Crippen LogP contribution in [-0.2, 0) is 6.54 Å². The van der Waals surface area contributed by atoms with Crippen molar-refractivity contribution in [2.24, 2.45) is 5.92 Å². The third-order valence-electron chi connectivity index (χ3n) is 2.99. The molecule has 2 heterocycles. The minimum Gasteiger partial charge on any atom is -0.346 e. The molecule has 2 aromatic rings. The number of rotatable bonds is 3.